The number of hydrogen-bond donors (Lipinski definition) is 3. The number of nitrogens with zero attached hydrogens (tertiary/aromatic N) is 3. The van der Waals surface area contributed by atoms with Crippen LogP contribution in [0.1, 0.15) is 0 Å². The van der Waals surface area contributed by atoms with Crippen LogP contribution >= 0.6 is 23.2 Å². The molecule has 1 aliphatic carbocycles. The molecule has 7 nitrogen and oxygen atoms in total. The maximum Gasteiger partial charge on any atom is 0.262 e. The van der Waals surface area contributed by atoms with Crippen molar-refractivity contribution in [2.24, 2.45) is 7.05 Å². The quantitative estimate of drug-likeness (QED) is 0.598. The average molecular weight is 391 g/mol. The van der Waals surface area contributed by atoms with Crippen LogP contribution in [0.2, 0.25) is 0 Å². The summed E-state index contributed by atoms with van der Waals surface area (Å²) in [6, 6.07) is 3.33. The van der Waals surface area contributed by atoms with Crippen LogP contribution in [0.5, 0.6) is 0 Å². The van der Waals surface area contributed by atoms with Gasteiger partial charge >= 0.3 is 0 Å². The van der Waals surface area contributed by atoms with Crippen molar-refractivity contribution in [1.29, 1.82) is 0 Å². The SMILES string of the molecule is CNc1nc2ccc3nc(NC4C(Cl)=CC=CC4Cl)n(C)c3c2c(=O)[nH]1. The first-order valence-corrected chi connectivity index (χ1v) is 8.82. The van der Waals surface area contributed by atoms with Gasteiger partial charge in [0, 0.05) is 19.1 Å². The molecule has 2 unspecified atom stereocenters. The molecule has 0 saturated carbocycles. The first-order chi connectivity index (χ1) is 12.5. The second-order valence-corrected chi connectivity index (χ2v) is 6.93. The number of fused-ring (bicyclic) bond motifs is 3. The summed E-state index contributed by atoms with van der Waals surface area (Å²) in [7, 11) is 3.54. The Hall–Kier alpha value is -2.51. The third-order valence-corrected chi connectivity index (χ3v) is 5.15. The van der Waals surface area contributed by atoms with Gasteiger partial charge < -0.3 is 15.2 Å². The lowest BCUT2D eigenvalue weighted by Gasteiger charge is -2.23. The van der Waals surface area contributed by atoms with Gasteiger partial charge in [-0.1, -0.05) is 23.8 Å². The molecule has 2 aromatic heterocycles. The second kappa shape index (κ2) is 6.34. The smallest absolute Gasteiger partial charge is 0.262 e. The largest absolute Gasteiger partial charge is 0.359 e. The zero-order chi connectivity index (χ0) is 18.4. The van der Waals surface area contributed by atoms with E-state index in [0.717, 1.165) is 0 Å². The molecule has 4 rings (SSSR count). The van der Waals surface area contributed by atoms with Crippen molar-refractivity contribution >= 4 is 57.0 Å². The first kappa shape index (κ1) is 16.9. The van der Waals surface area contributed by atoms with Crippen LogP contribution in [0.4, 0.5) is 11.9 Å². The van der Waals surface area contributed by atoms with Crippen molar-refractivity contribution in [1.82, 2.24) is 19.5 Å². The summed E-state index contributed by atoms with van der Waals surface area (Å²) in [5.41, 5.74) is 1.74. The monoisotopic (exact) mass is 390 g/mol. The maximum absolute atomic E-state index is 12.6. The van der Waals surface area contributed by atoms with Crippen LogP contribution in [0.25, 0.3) is 21.9 Å². The molecule has 0 radical (unpaired) electrons. The Morgan fingerprint density at radius 1 is 1.27 bits per heavy atom. The lowest BCUT2D eigenvalue weighted by molar-refractivity contribution is 0.831. The molecule has 0 spiro atoms. The van der Waals surface area contributed by atoms with Gasteiger partial charge in [-0.15, -0.1) is 11.6 Å². The minimum atomic E-state index is -0.299. The number of allylic oxidation sites excluding steroid dienone is 2. The molecule has 0 bridgehead atoms. The summed E-state index contributed by atoms with van der Waals surface area (Å²) in [5, 5.41) is 6.90. The molecule has 2 atom stereocenters. The maximum atomic E-state index is 12.6. The molecule has 0 fully saturated rings. The Labute approximate surface area is 158 Å². The van der Waals surface area contributed by atoms with Gasteiger partial charge in [0.05, 0.1) is 33.4 Å². The van der Waals surface area contributed by atoms with E-state index < -0.39 is 0 Å². The molecule has 1 aliphatic rings. The summed E-state index contributed by atoms with van der Waals surface area (Å²) in [6.45, 7) is 0. The normalized spacial score (nSPS) is 19.8. The van der Waals surface area contributed by atoms with Crippen molar-refractivity contribution in [3.8, 4) is 0 Å². The number of nitrogens with one attached hydrogen (secondary N) is 3. The molecule has 0 amide bonds. The number of aryl methyl sites for hydroxylation is 1. The Morgan fingerprint density at radius 2 is 2.04 bits per heavy atom. The predicted molar refractivity (Wildman–Crippen MR) is 106 cm³/mol. The van der Waals surface area contributed by atoms with Crippen molar-refractivity contribution in [3.63, 3.8) is 0 Å². The zero-order valence-electron chi connectivity index (χ0n) is 14.0. The van der Waals surface area contributed by atoms with Crippen LogP contribution < -0.4 is 16.2 Å². The topological polar surface area (TPSA) is 87.6 Å². The Kier molecular flexibility index (Phi) is 4.13. The van der Waals surface area contributed by atoms with E-state index in [2.05, 4.69) is 25.6 Å². The molecule has 0 saturated heterocycles. The van der Waals surface area contributed by atoms with E-state index in [1.54, 1.807) is 19.2 Å². The molecule has 26 heavy (non-hydrogen) atoms. The summed E-state index contributed by atoms with van der Waals surface area (Å²) in [4.78, 5) is 24.3. The van der Waals surface area contributed by atoms with Crippen molar-refractivity contribution < 1.29 is 0 Å². The van der Waals surface area contributed by atoms with Crippen molar-refractivity contribution in [3.05, 3.63) is 45.7 Å². The number of hydrogen-bond acceptors (Lipinski definition) is 5. The molecule has 2 heterocycles. The van der Waals surface area contributed by atoms with Gasteiger partial charge in [-0.2, -0.15) is 0 Å². The van der Waals surface area contributed by atoms with Crippen LogP contribution in [-0.4, -0.2) is 38.0 Å². The molecule has 3 aromatic rings. The summed E-state index contributed by atoms with van der Waals surface area (Å²) in [6.07, 6.45) is 5.48. The fourth-order valence-electron chi connectivity index (χ4n) is 3.09. The van der Waals surface area contributed by atoms with Crippen molar-refractivity contribution in [2.45, 2.75) is 11.4 Å². The number of aromatic nitrogens is 4. The van der Waals surface area contributed by atoms with Gasteiger partial charge in [-0.3, -0.25) is 9.78 Å². The number of imidazole rings is 1. The van der Waals surface area contributed by atoms with E-state index in [1.807, 2.05) is 29.8 Å². The van der Waals surface area contributed by atoms with E-state index in [1.165, 1.54) is 0 Å². The molecule has 1 aromatic carbocycles. The number of aromatic amines is 1. The number of alkyl halides is 1. The minimum absolute atomic E-state index is 0.228. The van der Waals surface area contributed by atoms with Gasteiger partial charge in [0.2, 0.25) is 11.9 Å². The van der Waals surface area contributed by atoms with Gasteiger partial charge in [0.25, 0.3) is 5.56 Å². The molecule has 9 heteroatoms. The fourth-order valence-corrected chi connectivity index (χ4v) is 3.70. The van der Waals surface area contributed by atoms with Gasteiger partial charge in [-0.05, 0) is 18.2 Å². The molecule has 3 N–H and O–H groups in total. The highest BCUT2D eigenvalue weighted by molar-refractivity contribution is 6.32. The van der Waals surface area contributed by atoms with Crippen LogP contribution in [0, 0.1) is 0 Å². The molecular formula is C17H16Cl2N6O. The number of H-pyrrole nitrogens is 1. The van der Waals surface area contributed by atoms with E-state index in [9.17, 15) is 4.79 Å². The third kappa shape index (κ3) is 2.64. The number of anilines is 2. The van der Waals surface area contributed by atoms with Crippen LogP contribution in [0.3, 0.4) is 0 Å². The van der Waals surface area contributed by atoms with E-state index in [4.69, 9.17) is 23.2 Å². The zero-order valence-corrected chi connectivity index (χ0v) is 15.6. The van der Waals surface area contributed by atoms with Gasteiger partial charge in [0.15, 0.2) is 0 Å². The van der Waals surface area contributed by atoms with E-state index in [-0.39, 0.29) is 17.0 Å². The van der Waals surface area contributed by atoms with Crippen molar-refractivity contribution in [2.75, 3.05) is 17.7 Å². The number of halogens is 2. The predicted octanol–water partition coefficient (Wildman–Crippen LogP) is 2.93. The summed E-state index contributed by atoms with van der Waals surface area (Å²) >= 11 is 12.6. The van der Waals surface area contributed by atoms with Gasteiger partial charge in [0.1, 0.15) is 0 Å². The summed E-state index contributed by atoms with van der Waals surface area (Å²) in [5.74, 6) is 0.986. The Bertz CT molecular complexity index is 1130. The number of benzene rings is 1. The minimum Gasteiger partial charge on any atom is -0.359 e. The fraction of sp³-hybridized carbons (Fsp3) is 0.235. The van der Waals surface area contributed by atoms with Gasteiger partial charge in [-0.25, -0.2) is 9.97 Å². The van der Waals surface area contributed by atoms with E-state index in [0.29, 0.717) is 38.9 Å². The number of rotatable bonds is 3. The highest BCUT2D eigenvalue weighted by Gasteiger charge is 2.25. The lowest BCUT2D eigenvalue weighted by Crippen LogP contribution is -2.31. The molecule has 134 valence electrons. The lowest BCUT2D eigenvalue weighted by atomic mass is 10.1. The third-order valence-electron chi connectivity index (χ3n) is 4.39. The molecule has 0 aliphatic heterocycles. The highest BCUT2D eigenvalue weighted by atomic mass is 35.5. The van der Waals surface area contributed by atoms with Crippen LogP contribution in [-0.2, 0) is 7.05 Å². The Balaban J connectivity index is 1.87. The average Bonchev–Trinajstić information content (AvgIpc) is 2.94. The molecular weight excluding hydrogens is 375 g/mol. The summed E-state index contributed by atoms with van der Waals surface area (Å²) < 4.78 is 1.82. The Morgan fingerprint density at radius 3 is 2.77 bits per heavy atom. The second-order valence-electron chi connectivity index (χ2n) is 5.99. The van der Waals surface area contributed by atoms with Crippen LogP contribution in [0.15, 0.2) is 40.2 Å². The standard InChI is InChI=1S/C17H16Cl2N6O/c1-20-16-21-10-6-7-11-14(12(10)15(26)24-16)25(2)17(22-11)23-13-8(18)4-3-5-9(13)19/h3-8,13H,1-2H3,(H,22,23)(H2,20,21,24,26). The van der Waals surface area contributed by atoms with E-state index >= 15 is 0 Å². The highest BCUT2D eigenvalue weighted by Crippen LogP contribution is 2.28. The first-order valence-electron chi connectivity index (χ1n) is 8.01.